The number of rotatable bonds is 4. The second-order valence-corrected chi connectivity index (χ2v) is 4.72. The molecule has 0 aliphatic carbocycles. The number of aliphatic hydroxyl groups excluding tert-OH is 1. The molecule has 92 valence electrons. The minimum absolute atomic E-state index is 0.00486. The van der Waals surface area contributed by atoms with E-state index >= 15 is 0 Å². The summed E-state index contributed by atoms with van der Waals surface area (Å²) in [6.07, 6.45) is 0.276. The molecule has 0 aromatic carbocycles. The van der Waals surface area contributed by atoms with E-state index in [-0.39, 0.29) is 42.7 Å². The molecule has 2 atom stereocenters. The van der Waals surface area contributed by atoms with E-state index in [4.69, 9.17) is 5.11 Å². The molecule has 1 unspecified atom stereocenters. The first-order chi connectivity index (χ1) is 7.45. The average Bonchev–Trinajstić information content (AvgIpc) is 2.55. The van der Waals surface area contributed by atoms with E-state index in [1.807, 2.05) is 13.8 Å². The lowest BCUT2D eigenvalue weighted by Gasteiger charge is -2.21. The number of carbonyl (C=O) groups is 2. The summed E-state index contributed by atoms with van der Waals surface area (Å²) in [5.74, 6) is -0.218. The Morgan fingerprint density at radius 3 is 2.62 bits per heavy atom. The Labute approximate surface area is 95.8 Å². The van der Waals surface area contributed by atoms with E-state index in [0.717, 1.165) is 0 Å². The maximum Gasteiger partial charge on any atom is 0.225 e. The Morgan fingerprint density at radius 1 is 1.62 bits per heavy atom. The number of hydrogen-bond acceptors (Lipinski definition) is 3. The van der Waals surface area contributed by atoms with Crippen molar-refractivity contribution in [2.45, 2.75) is 26.3 Å². The minimum atomic E-state index is -0.273. The third kappa shape index (κ3) is 2.95. The van der Waals surface area contributed by atoms with Crippen molar-refractivity contribution in [1.82, 2.24) is 10.2 Å². The van der Waals surface area contributed by atoms with Crippen LogP contribution in [-0.4, -0.2) is 48.1 Å². The molecule has 5 nitrogen and oxygen atoms in total. The van der Waals surface area contributed by atoms with E-state index < -0.39 is 0 Å². The molecular weight excluding hydrogens is 208 g/mol. The lowest BCUT2D eigenvalue weighted by Crippen LogP contribution is -2.44. The molecule has 0 spiro atoms. The Kier molecular flexibility index (Phi) is 4.29. The van der Waals surface area contributed by atoms with Gasteiger partial charge >= 0.3 is 0 Å². The molecule has 1 heterocycles. The Bertz CT molecular complexity index is 278. The van der Waals surface area contributed by atoms with Gasteiger partial charge in [0.1, 0.15) is 0 Å². The van der Waals surface area contributed by atoms with E-state index in [2.05, 4.69) is 5.32 Å². The molecule has 1 fully saturated rings. The van der Waals surface area contributed by atoms with Crippen molar-refractivity contribution in [3.8, 4) is 0 Å². The number of likely N-dealkylation sites (tertiary alicyclic amines) is 1. The monoisotopic (exact) mass is 228 g/mol. The van der Waals surface area contributed by atoms with Gasteiger partial charge in [-0.05, 0) is 5.92 Å². The molecule has 0 saturated carbocycles. The molecule has 1 aliphatic heterocycles. The van der Waals surface area contributed by atoms with Crippen molar-refractivity contribution in [1.29, 1.82) is 0 Å². The summed E-state index contributed by atoms with van der Waals surface area (Å²) in [6.45, 7) is 4.28. The minimum Gasteiger partial charge on any atom is -0.394 e. The van der Waals surface area contributed by atoms with Crippen LogP contribution in [0.25, 0.3) is 0 Å². The van der Waals surface area contributed by atoms with E-state index in [1.165, 1.54) is 0 Å². The first-order valence-corrected chi connectivity index (χ1v) is 5.61. The van der Waals surface area contributed by atoms with Crippen molar-refractivity contribution in [2.75, 3.05) is 20.2 Å². The fourth-order valence-corrected chi connectivity index (χ4v) is 1.76. The lowest BCUT2D eigenvalue weighted by molar-refractivity contribution is -0.128. The average molecular weight is 228 g/mol. The van der Waals surface area contributed by atoms with Crippen molar-refractivity contribution in [3.63, 3.8) is 0 Å². The zero-order chi connectivity index (χ0) is 12.3. The van der Waals surface area contributed by atoms with Gasteiger partial charge in [0, 0.05) is 20.0 Å². The lowest BCUT2D eigenvalue weighted by atomic mass is 10.0. The van der Waals surface area contributed by atoms with Crippen LogP contribution in [-0.2, 0) is 9.59 Å². The number of aliphatic hydroxyl groups is 1. The molecule has 0 aromatic rings. The Balaban J connectivity index is 2.50. The van der Waals surface area contributed by atoms with Gasteiger partial charge in [-0.15, -0.1) is 0 Å². The molecule has 1 aliphatic rings. The zero-order valence-electron chi connectivity index (χ0n) is 10.1. The molecule has 1 saturated heterocycles. The van der Waals surface area contributed by atoms with Gasteiger partial charge < -0.3 is 15.3 Å². The molecule has 2 amide bonds. The predicted molar refractivity (Wildman–Crippen MR) is 59.6 cm³/mol. The van der Waals surface area contributed by atoms with Crippen LogP contribution >= 0.6 is 0 Å². The third-order valence-corrected chi connectivity index (χ3v) is 3.04. The van der Waals surface area contributed by atoms with Crippen molar-refractivity contribution < 1.29 is 14.7 Å². The van der Waals surface area contributed by atoms with Gasteiger partial charge in [0.05, 0.1) is 18.6 Å². The fraction of sp³-hybridized carbons (Fsp3) is 0.818. The number of amides is 2. The van der Waals surface area contributed by atoms with Crippen LogP contribution in [0.1, 0.15) is 20.3 Å². The maximum atomic E-state index is 11.8. The van der Waals surface area contributed by atoms with Crippen LogP contribution in [0.15, 0.2) is 0 Å². The van der Waals surface area contributed by atoms with Gasteiger partial charge in [-0.3, -0.25) is 9.59 Å². The highest BCUT2D eigenvalue weighted by Crippen LogP contribution is 2.16. The number of hydrogen-bond donors (Lipinski definition) is 2. The highest BCUT2D eigenvalue weighted by molar-refractivity contribution is 5.89. The smallest absolute Gasteiger partial charge is 0.225 e. The topological polar surface area (TPSA) is 69.6 Å². The summed E-state index contributed by atoms with van der Waals surface area (Å²) in [6, 6.07) is -0.228. The molecule has 0 bridgehead atoms. The molecule has 0 radical (unpaired) electrons. The molecule has 2 N–H and O–H groups in total. The van der Waals surface area contributed by atoms with E-state index in [0.29, 0.717) is 6.54 Å². The quantitative estimate of drug-likeness (QED) is 0.687. The second-order valence-electron chi connectivity index (χ2n) is 4.72. The Hall–Kier alpha value is -1.10. The third-order valence-electron chi connectivity index (χ3n) is 3.04. The number of nitrogens with zero attached hydrogens (tertiary/aromatic N) is 1. The molecule has 16 heavy (non-hydrogen) atoms. The van der Waals surface area contributed by atoms with Gasteiger partial charge in [-0.2, -0.15) is 0 Å². The van der Waals surface area contributed by atoms with Crippen LogP contribution in [0.5, 0.6) is 0 Å². The summed E-state index contributed by atoms with van der Waals surface area (Å²) in [5.41, 5.74) is 0. The molecule has 5 heteroatoms. The zero-order valence-corrected chi connectivity index (χ0v) is 10.1. The SMILES string of the molecule is CC(C)[C@@H](CO)NC(=O)C1CC(=O)N(C)C1. The van der Waals surface area contributed by atoms with E-state index in [1.54, 1.807) is 11.9 Å². The first kappa shape index (κ1) is 13.0. The van der Waals surface area contributed by atoms with Gasteiger partial charge in [0.15, 0.2) is 0 Å². The summed E-state index contributed by atoms with van der Waals surface area (Å²) < 4.78 is 0. The van der Waals surface area contributed by atoms with Gasteiger partial charge in [0.25, 0.3) is 0 Å². The van der Waals surface area contributed by atoms with Crippen molar-refractivity contribution in [3.05, 3.63) is 0 Å². The molecular formula is C11H20N2O3. The number of nitrogens with one attached hydrogen (secondary N) is 1. The fourth-order valence-electron chi connectivity index (χ4n) is 1.76. The van der Waals surface area contributed by atoms with Crippen molar-refractivity contribution in [2.24, 2.45) is 11.8 Å². The van der Waals surface area contributed by atoms with Gasteiger partial charge in [0.2, 0.25) is 11.8 Å². The van der Waals surface area contributed by atoms with Crippen LogP contribution in [0, 0.1) is 11.8 Å². The van der Waals surface area contributed by atoms with Gasteiger partial charge in [-0.1, -0.05) is 13.8 Å². The number of carbonyl (C=O) groups excluding carboxylic acids is 2. The second kappa shape index (κ2) is 5.30. The summed E-state index contributed by atoms with van der Waals surface area (Å²) >= 11 is 0. The standard InChI is InChI=1S/C11H20N2O3/c1-7(2)9(6-14)12-11(16)8-4-10(15)13(3)5-8/h7-9,14H,4-6H2,1-3H3,(H,12,16)/t8?,9-/m1/s1. The Morgan fingerprint density at radius 2 is 2.25 bits per heavy atom. The first-order valence-electron chi connectivity index (χ1n) is 5.61. The van der Waals surface area contributed by atoms with Gasteiger partial charge in [-0.25, -0.2) is 0 Å². The summed E-state index contributed by atoms with van der Waals surface area (Å²) in [7, 11) is 1.70. The van der Waals surface area contributed by atoms with Crippen molar-refractivity contribution >= 4 is 11.8 Å². The summed E-state index contributed by atoms with van der Waals surface area (Å²) in [4.78, 5) is 24.6. The largest absolute Gasteiger partial charge is 0.394 e. The summed E-state index contributed by atoms with van der Waals surface area (Å²) in [5, 5.41) is 11.9. The maximum absolute atomic E-state index is 11.8. The van der Waals surface area contributed by atoms with Crippen LogP contribution in [0.4, 0.5) is 0 Å². The molecule has 0 aromatic heterocycles. The molecule has 1 rings (SSSR count). The highest BCUT2D eigenvalue weighted by Gasteiger charge is 2.33. The highest BCUT2D eigenvalue weighted by atomic mass is 16.3. The van der Waals surface area contributed by atoms with E-state index in [9.17, 15) is 9.59 Å². The van der Waals surface area contributed by atoms with Crippen LogP contribution < -0.4 is 5.32 Å². The van der Waals surface area contributed by atoms with Crippen LogP contribution in [0.2, 0.25) is 0 Å². The normalized spacial score (nSPS) is 22.7. The predicted octanol–water partition coefficient (Wildman–Crippen LogP) is -0.402. The van der Waals surface area contributed by atoms with Crippen LogP contribution in [0.3, 0.4) is 0 Å².